The molecule has 0 spiro atoms. The Hall–Kier alpha value is -3.09. The van der Waals surface area contributed by atoms with E-state index in [-0.39, 0.29) is 17.0 Å². The maximum Gasteiger partial charge on any atom is 0.336 e. The van der Waals surface area contributed by atoms with E-state index in [9.17, 15) is 23.2 Å². The third-order valence-electron chi connectivity index (χ3n) is 4.40. The summed E-state index contributed by atoms with van der Waals surface area (Å²) in [7, 11) is 0. The van der Waals surface area contributed by atoms with Gasteiger partial charge in [0.25, 0.3) is 11.8 Å². The molecule has 7 heteroatoms. The average Bonchev–Trinajstić information content (AvgIpc) is 3.37. The Bertz CT molecular complexity index is 892. The molecule has 0 N–H and O–H groups in total. The summed E-state index contributed by atoms with van der Waals surface area (Å²) >= 11 is 0. The first-order valence-corrected chi connectivity index (χ1v) is 7.62. The Morgan fingerprint density at radius 2 is 1.64 bits per heavy atom. The summed E-state index contributed by atoms with van der Waals surface area (Å²) < 4.78 is 26.3. The van der Waals surface area contributed by atoms with Crippen LogP contribution in [0.5, 0.6) is 0 Å². The Balaban J connectivity index is 1.46. The van der Waals surface area contributed by atoms with E-state index in [1.54, 1.807) is 12.1 Å². The first kappa shape index (κ1) is 15.4. The molecule has 0 saturated heterocycles. The number of hydroxylamine groups is 2. The Kier molecular flexibility index (Phi) is 3.38. The van der Waals surface area contributed by atoms with E-state index in [0.717, 1.165) is 12.1 Å². The molecule has 1 heterocycles. The van der Waals surface area contributed by atoms with Gasteiger partial charge in [-0.25, -0.2) is 13.6 Å². The number of fused-ring (bicyclic) bond motifs is 1. The monoisotopic (exact) mass is 343 g/mol. The largest absolute Gasteiger partial charge is 0.336 e. The van der Waals surface area contributed by atoms with Crippen LogP contribution < -0.4 is 0 Å². The van der Waals surface area contributed by atoms with Crippen LogP contribution in [0.25, 0.3) is 0 Å². The van der Waals surface area contributed by atoms with Gasteiger partial charge < -0.3 is 4.84 Å². The molecule has 5 nitrogen and oxygen atoms in total. The summed E-state index contributed by atoms with van der Waals surface area (Å²) in [6.07, 6.45) is 0.382. The van der Waals surface area contributed by atoms with Gasteiger partial charge in [-0.3, -0.25) is 9.59 Å². The van der Waals surface area contributed by atoms with Crippen molar-refractivity contribution in [2.45, 2.75) is 12.3 Å². The van der Waals surface area contributed by atoms with Gasteiger partial charge in [0.15, 0.2) is 11.6 Å². The molecule has 1 aliphatic heterocycles. The summed E-state index contributed by atoms with van der Waals surface area (Å²) in [5.74, 6) is -5.01. The lowest BCUT2D eigenvalue weighted by molar-refractivity contribution is -0.170. The molecular formula is C18H11F2NO4. The molecule has 4 rings (SSSR count). The Morgan fingerprint density at radius 3 is 2.24 bits per heavy atom. The van der Waals surface area contributed by atoms with Crippen LogP contribution in [0.15, 0.2) is 42.5 Å². The second-order valence-corrected chi connectivity index (χ2v) is 5.98. The van der Waals surface area contributed by atoms with E-state index in [1.807, 2.05) is 0 Å². The zero-order chi connectivity index (χ0) is 17.7. The van der Waals surface area contributed by atoms with Gasteiger partial charge in [0, 0.05) is 0 Å². The van der Waals surface area contributed by atoms with Crippen LogP contribution in [0.4, 0.5) is 8.78 Å². The van der Waals surface area contributed by atoms with Crippen molar-refractivity contribution in [1.29, 1.82) is 0 Å². The number of hydrogen-bond donors (Lipinski definition) is 0. The first-order chi connectivity index (χ1) is 12.0. The summed E-state index contributed by atoms with van der Waals surface area (Å²) in [5.41, 5.74) is 0.824. The van der Waals surface area contributed by atoms with Crippen molar-refractivity contribution in [2.24, 2.45) is 5.92 Å². The third-order valence-corrected chi connectivity index (χ3v) is 4.40. The van der Waals surface area contributed by atoms with Crippen LogP contribution in [0.1, 0.15) is 38.6 Å². The lowest BCUT2D eigenvalue weighted by Gasteiger charge is -2.12. The normalized spacial score (nSPS) is 21.3. The Morgan fingerprint density at radius 1 is 1.00 bits per heavy atom. The minimum Gasteiger partial charge on any atom is -0.329 e. The molecule has 2 aromatic rings. The molecule has 2 atom stereocenters. The summed E-state index contributed by atoms with van der Waals surface area (Å²) in [6.45, 7) is 0. The average molecular weight is 343 g/mol. The van der Waals surface area contributed by atoms with Crippen molar-refractivity contribution in [1.82, 2.24) is 5.06 Å². The fourth-order valence-electron chi connectivity index (χ4n) is 2.97. The van der Waals surface area contributed by atoms with E-state index < -0.39 is 35.3 Å². The van der Waals surface area contributed by atoms with Crippen LogP contribution in [-0.4, -0.2) is 22.8 Å². The summed E-state index contributed by atoms with van der Waals surface area (Å²) in [4.78, 5) is 41.5. The molecule has 2 aliphatic rings. The van der Waals surface area contributed by atoms with Gasteiger partial charge in [0.2, 0.25) is 0 Å². The minimum atomic E-state index is -0.989. The lowest BCUT2D eigenvalue weighted by Crippen LogP contribution is -2.33. The fourth-order valence-corrected chi connectivity index (χ4v) is 2.97. The second-order valence-electron chi connectivity index (χ2n) is 5.98. The zero-order valence-corrected chi connectivity index (χ0v) is 12.7. The number of amides is 2. The highest BCUT2D eigenvalue weighted by atomic mass is 19.2. The van der Waals surface area contributed by atoms with Crippen LogP contribution in [0, 0.1) is 17.6 Å². The van der Waals surface area contributed by atoms with Crippen molar-refractivity contribution < 1.29 is 28.0 Å². The second kappa shape index (κ2) is 5.47. The number of carbonyl (C=O) groups excluding carboxylic acids is 3. The van der Waals surface area contributed by atoms with Gasteiger partial charge >= 0.3 is 5.97 Å². The van der Waals surface area contributed by atoms with E-state index in [4.69, 9.17) is 4.84 Å². The Labute approximate surface area is 140 Å². The SMILES string of the molecule is O=C(ON1C(=O)c2ccccc2C1=O)[C@H]1C[C@@H]1c1ccc(F)c(F)c1. The number of hydrogen-bond acceptors (Lipinski definition) is 4. The maximum atomic E-state index is 13.3. The summed E-state index contributed by atoms with van der Waals surface area (Å²) in [5, 5.41) is 0.452. The molecular weight excluding hydrogens is 332 g/mol. The lowest BCUT2D eigenvalue weighted by atomic mass is 10.1. The maximum absolute atomic E-state index is 13.3. The van der Waals surface area contributed by atoms with Gasteiger partial charge in [-0.05, 0) is 42.2 Å². The van der Waals surface area contributed by atoms with Gasteiger partial charge in [0.1, 0.15) is 0 Å². The van der Waals surface area contributed by atoms with E-state index in [1.165, 1.54) is 18.2 Å². The number of imide groups is 1. The molecule has 25 heavy (non-hydrogen) atoms. The predicted octanol–water partition coefficient (Wildman–Crippen LogP) is 2.82. The molecule has 2 amide bonds. The molecule has 1 aliphatic carbocycles. The number of carbonyl (C=O) groups is 3. The minimum absolute atomic E-state index is 0.174. The van der Waals surface area contributed by atoms with Gasteiger partial charge in [-0.15, -0.1) is 0 Å². The van der Waals surface area contributed by atoms with Gasteiger partial charge in [0.05, 0.1) is 17.0 Å². The van der Waals surface area contributed by atoms with Gasteiger partial charge in [-0.2, -0.15) is 0 Å². The van der Waals surface area contributed by atoms with Crippen LogP contribution in [-0.2, 0) is 9.63 Å². The topological polar surface area (TPSA) is 63.7 Å². The molecule has 126 valence electrons. The highest BCUT2D eigenvalue weighted by Gasteiger charge is 2.48. The number of nitrogens with zero attached hydrogens (tertiary/aromatic N) is 1. The highest BCUT2D eigenvalue weighted by Crippen LogP contribution is 2.48. The zero-order valence-electron chi connectivity index (χ0n) is 12.7. The smallest absolute Gasteiger partial charge is 0.329 e. The van der Waals surface area contributed by atoms with E-state index >= 15 is 0 Å². The van der Waals surface area contributed by atoms with Crippen LogP contribution in [0.3, 0.4) is 0 Å². The van der Waals surface area contributed by atoms with Crippen LogP contribution >= 0.6 is 0 Å². The third kappa shape index (κ3) is 2.48. The molecule has 0 aromatic heterocycles. The molecule has 0 radical (unpaired) electrons. The van der Waals surface area contributed by atoms with Crippen LogP contribution in [0.2, 0.25) is 0 Å². The van der Waals surface area contributed by atoms with Crippen molar-refractivity contribution in [3.8, 4) is 0 Å². The predicted molar refractivity (Wildman–Crippen MR) is 80.2 cm³/mol. The van der Waals surface area contributed by atoms with E-state index in [2.05, 4.69) is 0 Å². The number of benzene rings is 2. The van der Waals surface area contributed by atoms with Crippen molar-refractivity contribution in [2.75, 3.05) is 0 Å². The number of halogens is 2. The molecule has 2 aromatic carbocycles. The number of rotatable bonds is 3. The van der Waals surface area contributed by atoms with Crippen molar-refractivity contribution >= 4 is 17.8 Å². The molecule has 0 unspecified atom stereocenters. The first-order valence-electron chi connectivity index (χ1n) is 7.62. The van der Waals surface area contributed by atoms with Crippen molar-refractivity contribution in [3.63, 3.8) is 0 Å². The standard InChI is InChI=1S/C18H11F2NO4/c19-14-6-5-9(7-15(14)20)12-8-13(12)18(24)25-21-16(22)10-3-1-2-4-11(10)17(21)23/h1-7,12-13H,8H2/t12-,13+/m1/s1. The summed E-state index contributed by atoms with van der Waals surface area (Å²) in [6, 6.07) is 9.60. The quantitative estimate of drug-likeness (QED) is 0.804. The highest BCUT2D eigenvalue weighted by molar-refractivity contribution is 6.20. The molecule has 0 bridgehead atoms. The van der Waals surface area contributed by atoms with Crippen molar-refractivity contribution in [3.05, 3.63) is 70.8 Å². The fraction of sp³-hybridized carbons (Fsp3) is 0.167. The molecule has 1 saturated carbocycles. The molecule has 1 fully saturated rings. The van der Waals surface area contributed by atoms with Gasteiger partial charge in [-0.1, -0.05) is 23.3 Å². The van der Waals surface area contributed by atoms with E-state index in [0.29, 0.717) is 17.0 Å².